The highest BCUT2D eigenvalue weighted by Gasteiger charge is 2.27. The Morgan fingerprint density at radius 2 is 1.95 bits per heavy atom. The second kappa shape index (κ2) is 5.34. The van der Waals surface area contributed by atoms with Gasteiger partial charge in [-0.2, -0.15) is 0 Å². The van der Waals surface area contributed by atoms with Crippen LogP contribution in [0.3, 0.4) is 0 Å². The van der Waals surface area contributed by atoms with Crippen molar-refractivity contribution in [3.63, 3.8) is 0 Å². The number of rotatable bonds is 2. The molecule has 1 fully saturated rings. The molecular weight excluding hydrogens is 254 g/mol. The Morgan fingerprint density at radius 1 is 1.32 bits per heavy atom. The first-order valence-corrected chi connectivity index (χ1v) is 5.98. The lowest BCUT2D eigenvalue weighted by molar-refractivity contribution is -0.132. The van der Waals surface area contributed by atoms with E-state index in [0.29, 0.717) is 0 Å². The van der Waals surface area contributed by atoms with E-state index in [4.69, 9.17) is 0 Å². The van der Waals surface area contributed by atoms with Gasteiger partial charge in [0.1, 0.15) is 11.6 Å². The summed E-state index contributed by atoms with van der Waals surface area (Å²) in [6.45, 7) is 1.37. The molecule has 1 unspecified atom stereocenters. The summed E-state index contributed by atoms with van der Waals surface area (Å²) >= 11 is 0. The summed E-state index contributed by atoms with van der Waals surface area (Å²) in [5, 5.41) is 2.45. The topological polar surface area (TPSA) is 49.4 Å². The first kappa shape index (κ1) is 13.5. The summed E-state index contributed by atoms with van der Waals surface area (Å²) in [6, 6.07) is 3.17. The molecule has 0 saturated carbocycles. The predicted molar refractivity (Wildman–Crippen MR) is 64.0 cm³/mol. The monoisotopic (exact) mass is 268 g/mol. The molecule has 4 nitrogen and oxygen atoms in total. The molecule has 1 atom stereocenters. The Morgan fingerprint density at radius 3 is 2.58 bits per heavy atom. The van der Waals surface area contributed by atoms with Gasteiger partial charge in [0, 0.05) is 18.0 Å². The second-order valence-electron chi connectivity index (χ2n) is 4.55. The van der Waals surface area contributed by atoms with Crippen molar-refractivity contribution in [2.45, 2.75) is 25.9 Å². The Kier molecular flexibility index (Phi) is 3.78. The molecule has 6 heteroatoms. The summed E-state index contributed by atoms with van der Waals surface area (Å²) in [5.74, 6) is -1.97. The van der Waals surface area contributed by atoms with Gasteiger partial charge >= 0.3 is 0 Å². The molecule has 0 radical (unpaired) electrons. The van der Waals surface area contributed by atoms with Gasteiger partial charge in [0.25, 0.3) is 0 Å². The van der Waals surface area contributed by atoms with E-state index in [1.165, 1.54) is 11.0 Å². The Hall–Kier alpha value is -1.98. The number of hydrogen-bond donors (Lipinski definition) is 1. The number of amides is 2. The van der Waals surface area contributed by atoms with E-state index in [-0.39, 0.29) is 36.9 Å². The molecule has 1 aromatic carbocycles. The van der Waals surface area contributed by atoms with E-state index < -0.39 is 17.7 Å². The summed E-state index contributed by atoms with van der Waals surface area (Å²) in [5.41, 5.74) is -0.156. The van der Waals surface area contributed by atoms with Crippen LogP contribution in [0.5, 0.6) is 0 Å². The third-order valence-corrected chi connectivity index (χ3v) is 3.16. The Bertz CT molecular complexity index is 499. The normalized spacial score (nSPS) is 20.2. The third-order valence-electron chi connectivity index (χ3n) is 3.16. The van der Waals surface area contributed by atoms with Crippen LogP contribution in [0.25, 0.3) is 0 Å². The molecule has 2 amide bonds. The van der Waals surface area contributed by atoms with Crippen molar-refractivity contribution in [1.29, 1.82) is 0 Å². The molecule has 19 heavy (non-hydrogen) atoms. The van der Waals surface area contributed by atoms with Gasteiger partial charge in [-0.3, -0.25) is 9.59 Å². The van der Waals surface area contributed by atoms with Gasteiger partial charge in [0.15, 0.2) is 0 Å². The maximum Gasteiger partial charge on any atom is 0.242 e. The van der Waals surface area contributed by atoms with E-state index in [9.17, 15) is 18.4 Å². The summed E-state index contributed by atoms with van der Waals surface area (Å²) < 4.78 is 27.2. The van der Waals surface area contributed by atoms with Crippen LogP contribution in [0.4, 0.5) is 8.78 Å². The summed E-state index contributed by atoms with van der Waals surface area (Å²) in [7, 11) is 0. The quantitative estimate of drug-likeness (QED) is 0.876. The van der Waals surface area contributed by atoms with Gasteiger partial charge in [0.2, 0.25) is 11.8 Å². The SMILES string of the molecule is CC1CC(=O)NCC(=O)N1Cc1c(F)cccc1F. The number of carbonyl (C=O) groups is 2. The minimum Gasteiger partial charge on any atom is -0.347 e. The Labute approximate surface area is 109 Å². The molecule has 0 aliphatic carbocycles. The highest BCUT2D eigenvalue weighted by Crippen LogP contribution is 2.18. The predicted octanol–water partition coefficient (Wildman–Crippen LogP) is 1.20. The molecule has 2 rings (SSSR count). The minimum absolute atomic E-state index is 0.127. The van der Waals surface area contributed by atoms with Crippen molar-refractivity contribution >= 4 is 11.8 Å². The minimum atomic E-state index is -0.691. The lowest BCUT2D eigenvalue weighted by atomic mass is 10.1. The highest BCUT2D eigenvalue weighted by atomic mass is 19.1. The zero-order valence-corrected chi connectivity index (χ0v) is 10.5. The van der Waals surface area contributed by atoms with Gasteiger partial charge in [0.05, 0.1) is 13.1 Å². The largest absolute Gasteiger partial charge is 0.347 e. The van der Waals surface area contributed by atoms with Crippen LogP contribution in [-0.2, 0) is 16.1 Å². The van der Waals surface area contributed by atoms with E-state index in [2.05, 4.69) is 5.32 Å². The molecule has 1 aromatic rings. The summed E-state index contributed by atoms with van der Waals surface area (Å²) in [6.07, 6.45) is 0.127. The lowest BCUT2D eigenvalue weighted by Gasteiger charge is -2.26. The maximum atomic E-state index is 13.6. The van der Waals surface area contributed by atoms with Crippen molar-refractivity contribution in [3.8, 4) is 0 Å². The standard InChI is InChI=1S/C13H14F2N2O2/c1-8-5-12(18)16-6-13(19)17(8)7-9-10(14)3-2-4-11(9)15/h2-4,8H,5-7H2,1H3,(H,16,18). The fourth-order valence-electron chi connectivity index (χ4n) is 2.07. The molecule has 1 saturated heterocycles. The number of hydrogen-bond acceptors (Lipinski definition) is 2. The van der Waals surface area contributed by atoms with Crippen molar-refractivity contribution in [3.05, 3.63) is 35.4 Å². The zero-order valence-electron chi connectivity index (χ0n) is 10.5. The fourth-order valence-corrected chi connectivity index (χ4v) is 2.07. The maximum absolute atomic E-state index is 13.6. The third kappa shape index (κ3) is 2.89. The van der Waals surface area contributed by atoms with Gasteiger partial charge in [-0.05, 0) is 19.1 Å². The van der Waals surface area contributed by atoms with Crippen LogP contribution in [0.2, 0.25) is 0 Å². The van der Waals surface area contributed by atoms with Crippen LogP contribution < -0.4 is 5.32 Å². The van der Waals surface area contributed by atoms with E-state index in [0.717, 1.165) is 12.1 Å². The molecule has 1 aliphatic rings. The molecule has 0 spiro atoms. The Balaban J connectivity index is 2.25. The fraction of sp³-hybridized carbons (Fsp3) is 0.385. The molecule has 102 valence electrons. The summed E-state index contributed by atoms with van der Waals surface area (Å²) in [4.78, 5) is 24.5. The van der Waals surface area contributed by atoms with Crippen LogP contribution in [0.1, 0.15) is 18.9 Å². The highest BCUT2D eigenvalue weighted by molar-refractivity contribution is 5.87. The first-order valence-electron chi connectivity index (χ1n) is 5.98. The van der Waals surface area contributed by atoms with E-state index >= 15 is 0 Å². The van der Waals surface area contributed by atoms with Crippen LogP contribution in [0, 0.1) is 11.6 Å². The molecule has 0 aromatic heterocycles. The number of carbonyl (C=O) groups excluding carboxylic acids is 2. The second-order valence-corrected chi connectivity index (χ2v) is 4.55. The average molecular weight is 268 g/mol. The van der Waals surface area contributed by atoms with Crippen molar-refractivity contribution < 1.29 is 18.4 Å². The number of benzene rings is 1. The van der Waals surface area contributed by atoms with Crippen LogP contribution in [-0.4, -0.2) is 29.3 Å². The van der Waals surface area contributed by atoms with Gasteiger partial charge in [-0.1, -0.05) is 6.07 Å². The molecule has 0 bridgehead atoms. The van der Waals surface area contributed by atoms with E-state index in [1.807, 2.05) is 0 Å². The number of halogens is 2. The lowest BCUT2D eigenvalue weighted by Crippen LogP contribution is -2.39. The zero-order chi connectivity index (χ0) is 14.0. The van der Waals surface area contributed by atoms with Crippen LogP contribution in [0.15, 0.2) is 18.2 Å². The van der Waals surface area contributed by atoms with Crippen molar-refractivity contribution in [2.75, 3.05) is 6.54 Å². The molecular formula is C13H14F2N2O2. The van der Waals surface area contributed by atoms with Gasteiger partial charge in [-0.15, -0.1) is 0 Å². The van der Waals surface area contributed by atoms with E-state index in [1.54, 1.807) is 6.92 Å². The van der Waals surface area contributed by atoms with Crippen molar-refractivity contribution in [1.82, 2.24) is 10.2 Å². The van der Waals surface area contributed by atoms with Crippen molar-refractivity contribution in [2.24, 2.45) is 0 Å². The number of nitrogens with one attached hydrogen (secondary N) is 1. The smallest absolute Gasteiger partial charge is 0.242 e. The van der Waals surface area contributed by atoms with Crippen LogP contribution >= 0.6 is 0 Å². The molecule has 1 heterocycles. The molecule has 1 aliphatic heterocycles. The van der Waals surface area contributed by atoms with Gasteiger partial charge < -0.3 is 10.2 Å². The number of nitrogens with zero attached hydrogens (tertiary/aromatic N) is 1. The first-order chi connectivity index (χ1) is 8.99. The average Bonchev–Trinajstić information content (AvgIpc) is 2.46. The van der Waals surface area contributed by atoms with Gasteiger partial charge in [-0.25, -0.2) is 8.78 Å². The molecule has 1 N–H and O–H groups in total.